The van der Waals surface area contributed by atoms with E-state index in [1.165, 1.54) is 0 Å². The number of hydrogen-bond acceptors (Lipinski definition) is 0. The van der Waals surface area contributed by atoms with Crippen LogP contribution in [0.5, 0.6) is 0 Å². The maximum absolute atomic E-state index is 3.62. The fourth-order valence-corrected chi connectivity index (χ4v) is 0.856. The lowest BCUT2D eigenvalue weighted by Crippen LogP contribution is -1.71. The zero-order valence-corrected chi connectivity index (χ0v) is 7.71. The molecule has 12 heavy (non-hydrogen) atoms. The summed E-state index contributed by atoms with van der Waals surface area (Å²) < 4.78 is 0. The highest BCUT2D eigenvalue weighted by atomic mass is 13.9. The van der Waals surface area contributed by atoms with Gasteiger partial charge in [0.1, 0.15) is 0 Å². The summed E-state index contributed by atoms with van der Waals surface area (Å²) in [5.74, 6) is 0. The van der Waals surface area contributed by atoms with Gasteiger partial charge in [-0.05, 0) is 12.8 Å². The Balaban J connectivity index is 3.02. The first kappa shape index (κ1) is 11.0. The SMILES string of the molecule is C=C[CH-]CC/C=C/CC[CH-]C=C. The molecule has 0 N–H and O–H groups in total. The molecule has 0 spiro atoms. The van der Waals surface area contributed by atoms with Crippen molar-refractivity contribution in [2.45, 2.75) is 25.7 Å². The lowest BCUT2D eigenvalue weighted by atomic mass is 10.2. The highest BCUT2D eigenvalue weighted by Crippen LogP contribution is 1.99. The number of allylic oxidation sites excluding steroid dienone is 4. The van der Waals surface area contributed by atoms with E-state index < -0.39 is 0 Å². The van der Waals surface area contributed by atoms with Crippen LogP contribution in [0.25, 0.3) is 0 Å². The van der Waals surface area contributed by atoms with E-state index in [0.717, 1.165) is 25.7 Å². The van der Waals surface area contributed by atoms with Gasteiger partial charge in [-0.1, -0.05) is 25.0 Å². The normalized spacial score (nSPS) is 9.67. The van der Waals surface area contributed by atoms with Gasteiger partial charge in [-0.15, -0.1) is 0 Å². The van der Waals surface area contributed by atoms with Crippen LogP contribution in [0.2, 0.25) is 0 Å². The Hall–Kier alpha value is -1.04. The van der Waals surface area contributed by atoms with Gasteiger partial charge in [0.15, 0.2) is 0 Å². The van der Waals surface area contributed by atoms with E-state index in [1.807, 2.05) is 12.2 Å². The third kappa shape index (κ3) is 8.96. The molecule has 0 rings (SSSR count). The first-order valence-electron chi connectivity index (χ1n) is 4.45. The maximum Gasteiger partial charge on any atom is -0.0469 e. The minimum Gasteiger partial charge on any atom is -0.245 e. The molecule has 0 nitrogen and oxygen atoms in total. The fraction of sp³-hybridized carbons (Fsp3) is 0.333. The smallest absolute Gasteiger partial charge is 0.0469 e. The summed E-state index contributed by atoms with van der Waals surface area (Å²) in [4.78, 5) is 0. The summed E-state index contributed by atoms with van der Waals surface area (Å²) in [7, 11) is 0. The molecule has 0 saturated carbocycles. The highest BCUT2D eigenvalue weighted by Gasteiger charge is 1.75. The predicted octanol–water partition coefficient (Wildman–Crippen LogP) is 3.88. The van der Waals surface area contributed by atoms with Crippen LogP contribution < -0.4 is 0 Å². The molecule has 0 heterocycles. The van der Waals surface area contributed by atoms with Crippen molar-refractivity contribution in [3.05, 3.63) is 50.3 Å². The third-order valence-corrected chi connectivity index (χ3v) is 1.50. The first-order chi connectivity index (χ1) is 5.91. The van der Waals surface area contributed by atoms with Crippen LogP contribution in [0.15, 0.2) is 37.5 Å². The average Bonchev–Trinajstić information content (AvgIpc) is 2.10. The van der Waals surface area contributed by atoms with E-state index in [9.17, 15) is 0 Å². The van der Waals surface area contributed by atoms with Gasteiger partial charge in [-0.3, -0.25) is 0 Å². The van der Waals surface area contributed by atoms with E-state index in [2.05, 4.69) is 38.2 Å². The van der Waals surface area contributed by atoms with Crippen LogP contribution in [0.1, 0.15) is 25.7 Å². The molecule has 68 valence electrons. The van der Waals surface area contributed by atoms with Crippen LogP contribution in [0.4, 0.5) is 0 Å². The Morgan fingerprint density at radius 1 is 0.833 bits per heavy atom. The molecule has 0 aromatic carbocycles. The molecule has 0 aromatic rings. The van der Waals surface area contributed by atoms with Gasteiger partial charge in [-0.25, -0.2) is 38.2 Å². The molecular weight excluding hydrogens is 144 g/mol. The molecule has 0 fully saturated rings. The van der Waals surface area contributed by atoms with Crippen LogP contribution >= 0.6 is 0 Å². The number of rotatable bonds is 8. The van der Waals surface area contributed by atoms with Crippen molar-refractivity contribution in [2.75, 3.05) is 0 Å². The molecule has 0 aliphatic heterocycles. The van der Waals surface area contributed by atoms with Gasteiger partial charge in [0.25, 0.3) is 0 Å². The molecule has 0 bridgehead atoms. The van der Waals surface area contributed by atoms with Gasteiger partial charge in [-0.2, -0.15) is 0 Å². The number of unbranched alkanes of at least 4 members (excludes halogenated alkanes) is 4. The zero-order chi connectivity index (χ0) is 9.07. The van der Waals surface area contributed by atoms with Gasteiger partial charge < -0.3 is 0 Å². The average molecular weight is 162 g/mol. The maximum atomic E-state index is 3.62. The Kier molecular flexibility index (Phi) is 9.10. The Morgan fingerprint density at radius 2 is 1.25 bits per heavy atom. The van der Waals surface area contributed by atoms with Gasteiger partial charge in [0.05, 0.1) is 0 Å². The van der Waals surface area contributed by atoms with Crippen molar-refractivity contribution in [1.82, 2.24) is 0 Å². The molecule has 0 heteroatoms. The minimum absolute atomic E-state index is 1.10. The van der Waals surface area contributed by atoms with Crippen molar-refractivity contribution in [3.63, 3.8) is 0 Å². The molecular formula is C12H18-2. The van der Waals surface area contributed by atoms with Crippen LogP contribution in [-0.2, 0) is 0 Å². The van der Waals surface area contributed by atoms with Gasteiger partial charge in [0, 0.05) is 0 Å². The van der Waals surface area contributed by atoms with E-state index >= 15 is 0 Å². The summed E-state index contributed by atoms with van der Waals surface area (Å²) in [5.41, 5.74) is 0. The fourth-order valence-electron chi connectivity index (χ4n) is 0.856. The summed E-state index contributed by atoms with van der Waals surface area (Å²) in [5, 5.41) is 0. The molecule has 0 aliphatic rings. The summed E-state index contributed by atoms with van der Waals surface area (Å²) >= 11 is 0. The molecule has 0 amide bonds. The van der Waals surface area contributed by atoms with Gasteiger partial charge >= 0.3 is 0 Å². The number of hydrogen-bond donors (Lipinski definition) is 0. The largest absolute Gasteiger partial charge is 0.245 e. The Bertz CT molecular complexity index is 115. The van der Waals surface area contributed by atoms with Crippen molar-refractivity contribution in [2.24, 2.45) is 0 Å². The van der Waals surface area contributed by atoms with Crippen molar-refractivity contribution < 1.29 is 0 Å². The predicted molar refractivity (Wildman–Crippen MR) is 56.6 cm³/mol. The molecule has 0 saturated heterocycles. The van der Waals surface area contributed by atoms with Crippen molar-refractivity contribution in [1.29, 1.82) is 0 Å². The van der Waals surface area contributed by atoms with E-state index in [0.29, 0.717) is 0 Å². The van der Waals surface area contributed by atoms with Crippen LogP contribution in [-0.4, -0.2) is 0 Å². The molecule has 0 aromatic heterocycles. The summed E-state index contributed by atoms with van der Waals surface area (Å²) in [6, 6.07) is 0. The lowest BCUT2D eigenvalue weighted by Gasteiger charge is -1.97. The van der Waals surface area contributed by atoms with Crippen LogP contribution in [0.3, 0.4) is 0 Å². The van der Waals surface area contributed by atoms with E-state index in [-0.39, 0.29) is 0 Å². The zero-order valence-electron chi connectivity index (χ0n) is 7.71. The minimum atomic E-state index is 1.10. The monoisotopic (exact) mass is 162 g/mol. The second-order valence-corrected chi connectivity index (χ2v) is 2.57. The first-order valence-corrected chi connectivity index (χ1v) is 4.45. The van der Waals surface area contributed by atoms with Crippen molar-refractivity contribution in [3.8, 4) is 0 Å². The topological polar surface area (TPSA) is 0 Å². The summed E-state index contributed by atoms with van der Waals surface area (Å²) in [6.45, 7) is 7.25. The van der Waals surface area contributed by atoms with Crippen molar-refractivity contribution >= 4 is 0 Å². The molecule has 0 atom stereocenters. The highest BCUT2D eigenvalue weighted by molar-refractivity contribution is 4.93. The second kappa shape index (κ2) is 9.96. The molecule has 0 aliphatic carbocycles. The van der Waals surface area contributed by atoms with E-state index in [4.69, 9.17) is 0 Å². The second-order valence-electron chi connectivity index (χ2n) is 2.57. The molecule has 0 unspecified atom stereocenters. The lowest BCUT2D eigenvalue weighted by molar-refractivity contribution is 0.963. The quantitative estimate of drug-likeness (QED) is 0.288. The standard InChI is InChI=1S/C12H18/c1-3-5-7-9-11-12-10-8-6-4-2/h3-6,11-12H,1-2,7-10H2/q-2/b12-11+. The van der Waals surface area contributed by atoms with Crippen LogP contribution in [0, 0.1) is 12.8 Å². The Morgan fingerprint density at radius 3 is 1.58 bits per heavy atom. The third-order valence-electron chi connectivity index (χ3n) is 1.50. The molecule has 0 radical (unpaired) electrons. The summed E-state index contributed by atoms with van der Waals surface area (Å²) in [6.07, 6.45) is 16.8. The van der Waals surface area contributed by atoms with Gasteiger partial charge in [0.2, 0.25) is 0 Å². The van der Waals surface area contributed by atoms with E-state index in [1.54, 1.807) is 0 Å². The Labute approximate surface area is 76.7 Å².